The standard InChI is InChI=1S/C18H21NO/c1-4-14(3)15-8-10-17(11-9-15)19-18(20)16-7-5-6-13(2)12-16/h5-12,14H,4H2,1-3H3,(H,19,20)/t14-/m1/s1. The lowest BCUT2D eigenvalue weighted by Crippen LogP contribution is -2.11. The van der Waals surface area contributed by atoms with Crippen molar-refractivity contribution in [2.45, 2.75) is 33.1 Å². The second-order valence-corrected chi connectivity index (χ2v) is 5.25. The normalized spacial score (nSPS) is 11.9. The van der Waals surface area contributed by atoms with E-state index in [2.05, 4.69) is 31.3 Å². The van der Waals surface area contributed by atoms with Gasteiger partial charge in [0.1, 0.15) is 0 Å². The number of benzene rings is 2. The second-order valence-electron chi connectivity index (χ2n) is 5.25. The zero-order chi connectivity index (χ0) is 14.5. The van der Waals surface area contributed by atoms with Gasteiger partial charge in [-0.25, -0.2) is 0 Å². The molecule has 0 spiro atoms. The Hall–Kier alpha value is -2.09. The van der Waals surface area contributed by atoms with Crippen LogP contribution < -0.4 is 5.32 Å². The number of carbonyl (C=O) groups is 1. The second kappa shape index (κ2) is 6.38. The van der Waals surface area contributed by atoms with Crippen molar-refractivity contribution in [1.29, 1.82) is 0 Å². The molecule has 2 aromatic carbocycles. The quantitative estimate of drug-likeness (QED) is 0.850. The highest BCUT2D eigenvalue weighted by atomic mass is 16.1. The van der Waals surface area contributed by atoms with Crippen LogP contribution in [0, 0.1) is 6.92 Å². The topological polar surface area (TPSA) is 29.1 Å². The molecule has 0 radical (unpaired) electrons. The first kappa shape index (κ1) is 14.3. The number of hydrogen-bond acceptors (Lipinski definition) is 1. The number of rotatable bonds is 4. The van der Waals surface area contributed by atoms with Crippen molar-refractivity contribution in [3.05, 3.63) is 65.2 Å². The maximum Gasteiger partial charge on any atom is 0.255 e. The minimum absolute atomic E-state index is 0.0648. The zero-order valence-electron chi connectivity index (χ0n) is 12.3. The first-order valence-corrected chi connectivity index (χ1v) is 7.08. The van der Waals surface area contributed by atoms with Gasteiger partial charge in [-0.15, -0.1) is 0 Å². The summed E-state index contributed by atoms with van der Waals surface area (Å²) in [6.45, 7) is 6.37. The minimum atomic E-state index is -0.0648. The Morgan fingerprint density at radius 2 is 1.85 bits per heavy atom. The molecule has 0 aliphatic carbocycles. The minimum Gasteiger partial charge on any atom is -0.322 e. The molecule has 0 heterocycles. The van der Waals surface area contributed by atoms with Crippen LogP contribution in [-0.4, -0.2) is 5.91 Å². The molecule has 1 atom stereocenters. The van der Waals surface area contributed by atoms with Crippen molar-refractivity contribution in [3.8, 4) is 0 Å². The maximum absolute atomic E-state index is 12.1. The molecule has 1 N–H and O–H groups in total. The van der Waals surface area contributed by atoms with E-state index < -0.39 is 0 Å². The summed E-state index contributed by atoms with van der Waals surface area (Å²) < 4.78 is 0. The molecular weight excluding hydrogens is 246 g/mol. The van der Waals surface area contributed by atoms with Crippen LogP contribution in [0.5, 0.6) is 0 Å². The molecule has 0 unspecified atom stereocenters. The van der Waals surface area contributed by atoms with Crippen molar-refractivity contribution in [2.75, 3.05) is 5.32 Å². The van der Waals surface area contributed by atoms with Crippen LogP contribution in [0.15, 0.2) is 48.5 Å². The number of carbonyl (C=O) groups excluding carboxylic acids is 1. The third kappa shape index (κ3) is 3.47. The Bertz CT molecular complexity index is 587. The summed E-state index contributed by atoms with van der Waals surface area (Å²) in [4.78, 5) is 12.1. The van der Waals surface area contributed by atoms with Gasteiger partial charge in [0.15, 0.2) is 0 Å². The lowest BCUT2D eigenvalue weighted by molar-refractivity contribution is 0.102. The van der Waals surface area contributed by atoms with Gasteiger partial charge in [-0.05, 0) is 49.1 Å². The molecule has 1 amide bonds. The van der Waals surface area contributed by atoms with E-state index in [4.69, 9.17) is 0 Å². The number of aryl methyl sites for hydroxylation is 1. The third-order valence-electron chi connectivity index (χ3n) is 3.63. The number of hydrogen-bond donors (Lipinski definition) is 1. The fourth-order valence-corrected chi connectivity index (χ4v) is 2.12. The first-order valence-electron chi connectivity index (χ1n) is 7.08. The van der Waals surface area contributed by atoms with E-state index in [1.807, 2.05) is 43.3 Å². The van der Waals surface area contributed by atoms with Gasteiger partial charge >= 0.3 is 0 Å². The van der Waals surface area contributed by atoms with Crippen molar-refractivity contribution < 1.29 is 4.79 Å². The summed E-state index contributed by atoms with van der Waals surface area (Å²) in [5.41, 5.74) is 3.92. The monoisotopic (exact) mass is 267 g/mol. The Kier molecular flexibility index (Phi) is 4.57. The van der Waals surface area contributed by atoms with Gasteiger partial charge < -0.3 is 5.32 Å². The molecule has 20 heavy (non-hydrogen) atoms. The molecule has 0 bridgehead atoms. The van der Waals surface area contributed by atoms with Gasteiger partial charge in [-0.1, -0.05) is 43.7 Å². The number of anilines is 1. The van der Waals surface area contributed by atoms with Crippen molar-refractivity contribution in [3.63, 3.8) is 0 Å². The van der Waals surface area contributed by atoms with Gasteiger partial charge in [-0.3, -0.25) is 4.79 Å². The lowest BCUT2D eigenvalue weighted by atomic mass is 9.98. The highest BCUT2D eigenvalue weighted by molar-refractivity contribution is 6.04. The summed E-state index contributed by atoms with van der Waals surface area (Å²) in [6, 6.07) is 15.7. The Morgan fingerprint density at radius 3 is 2.45 bits per heavy atom. The largest absolute Gasteiger partial charge is 0.322 e. The molecule has 0 fully saturated rings. The van der Waals surface area contributed by atoms with E-state index in [-0.39, 0.29) is 5.91 Å². The Labute approximate surface area is 120 Å². The van der Waals surface area contributed by atoms with Crippen LogP contribution in [0.3, 0.4) is 0 Å². The number of amides is 1. The molecule has 0 saturated heterocycles. The van der Waals surface area contributed by atoms with Crippen molar-refractivity contribution >= 4 is 11.6 Å². The molecular formula is C18H21NO. The van der Waals surface area contributed by atoms with E-state index in [9.17, 15) is 4.79 Å². The highest BCUT2D eigenvalue weighted by Crippen LogP contribution is 2.20. The fraction of sp³-hybridized carbons (Fsp3) is 0.278. The van der Waals surface area contributed by atoms with Gasteiger partial charge in [-0.2, -0.15) is 0 Å². The average Bonchev–Trinajstić information content (AvgIpc) is 2.47. The molecule has 2 heteroatoms. The molecule has 2 rings (SSSR count). The van der Waals surface area contributed by atoms with Crippen molar-refractivity contribution in [1.82, 2.24) is 0 Å². The summed E-state index contributed by atoms with van der Waals surface area (Å²) in [6.07, 6.45) is 1.12. The molecule has 0 aliphatic rings. The molecule has 0 saturated carbocycles. The lowest BCUT2D eigenvalue weighted by Gasteiger charge is -2.10. The fourth-order valence-electron chi connectivity index (χ4n) is 2.12. The van der Waals surface area contributed by atoms with E-state index >= 15 is 0 Å². The van der Waals surface area contributed by atoms with E-state index in [0.717, 1.165) is 17.7 Å². The summed E-state index contributed by atoms with van der Waals surface area (Å²) in [5.74, 6) is 0.488. The zero-order valence-corrected chi connectivity index (χ0v) is 12.3. The SMILES string of the molecule is CC[C@@H](C)c1ccc(NC(=O)c2cccc(C)c2)cc1. The molecule has 0 aromatic heterocycles. The van der Waals surface area contributed by atoms with E-state index in [0.29, 0.717) is 11.5 Å². The summed E-state index contributed by atoms with van der Waals surface area (Å²) >= 11 is 0. The predicted molar refractivity (Wildman–Crippen MR) is 84.3 cm³/mol. The smallest absolute Gasteiger partial charge is 0.255 e. The van der Waals surface area contributed by atoms with Crippen LogP contribution >= 0.6 is 0 Å². The summed E-state index contributed by atoms with van der Waals surface area (Å²) in [5, 5.41) is 2.93. The van der Waals surface area contributed by atoms with E-state index in [1.165, 1.54) is 5.56 Å². The predicted octanol–water partition coefficient (Wildman–Crippen LogP) is 4.76. The average molecular weight is 267 g/mol. The van der Waals surface area contributed by atoms with Gasteiger partial charge in [0.05, 0.1) is 0 Å². The Morgan fingerprint density at radius 1 is 1.15 bits per heavy atom. The van der Waals surface area contributed by atoms with Crippen LogP contribution in [0.25, 0.3) is 0 Å². The van der Waals surface area contributed by atoms with E-state index in [1.54, 1.807) is 0 Å². The van der Waals surface area contributed by atoms with Gasteiger partial charge in [0.2, 0.25) is 0 Å². The van der Waals surface area contributed by atoms with Crippen LogP contribution in [0.1, 0.15) is 47.7 Å². The van der Waals surface area contributed by atoms with Crippen LogP contribution in [0.4, 0.5) is 5.69 Å². The third-order valence-corrected chi connectivity index (χ3v) is 3.63. The van der Waals surface area contributed by atoms with Crippen LogP contribution in [-0.2, 0) is 0 Å². The molecule has 2 nitrogen and oxygen atoms in total. The molecule has 0 aliphatic heterocycles. The van der Waals surface area contributed by atoms with Crippen LogP contribution in [0.2, 0.25) is 0 Å². The summed E-state index contributed by atoms with van der Waals surface area (Å²) in [7, 11) is 0. The van der Waals surface area contributed by atoms with Crippen molar-refractivity contribution in [2.24, 2.45) is 0 Å². The Balaban J connectivity index is 2.08. The maximum atomic E-state index is 12.1. The van der Waals surface area contributed by atoms with Gasteiger partial charge in [0.25, 0.3) is 5.91 Å². The highest BCUT2D eigenvalue weighted by Gasteiger charge is 2.07. The number of nitrogens with one attached hydrogen (secondary N) is 1. The molecule has 104 valence electrons. The van der Waals surface area contributed by atoms with Gasteiger partial charge in [0, 0.05) is 11.3 Å². The molecule has 2 aromatic rings. The first-order chi connectivity index (χ1) is 9.60.